The normalized spacial score (nSPS) is 20.2. The van der Waals surface area contributed by atoms with Gasteiger partial charge in [0.2, 0.25) is 0 Å². The van der Waals surface area contributed by atoms with Crippen molar-refractivity contribution in [2.45, 2.75) is 71.6 Å². The van der Waals surface area contributed by atoms with Crippen molar-refractivity contribution in [3.05, 3.63) is 46.8 Å². The van der Waals surface area contributed by atoms with Crippen LogP contribution in [0.1, 0.15) is 72.0 Å². The maximum atomic E-state index is 12.9. The Morgan fingerprint density at radius 3 is 2.59 bits per heavy atom. The Bertz CT molecular complexity index is 1310. The van der Waals surface area contributed by atoms with Crippen molar-refractivity contribution >= 4 is 29.3 Å². The number of ketones is 1. The Morgan fingerprint density at radius 2 is 1.95 bits per heavy atom. The first kappa shape index (κ1) is 28.4. The van der Waals surface area contributed by atoms with E-state index in [0.717, 1.165) is 28.9 Å². The van der Waals surface area contributed by atoms with Crippen LogP contribution in [0, 0.1) is 12.3 Å². The number of carbonyl (C=O) groups is 4. The van der Waals surface area contributed by atoms with Crippen molar-refractivity contribution in [2.75, 3.05) is 26.0 Å². The summed E-state index contributed by atoms with van der Waals surface area (Å²) in [7, 11) is 3.66. The highest BCUT2D eigenvalue weighted by Gasteiger charge is 2.42. The molecule has 2 aliphatic rings. The maximum Gasteiger partial charge on any atom is 0.309 e. The number of hydrogen-bond acceptors (Lipinski definition) is 8. The fraction of sp³-hybridized carbons (Fsp3) is 0.517. The minimum absolute atomic E-state index is 0.0455. The third-order valence-electron chi connectivity index (χ3n) is 7.06. The number of Topliss-reactive ketones (excluding diaryl/α,β-unsaturated/α-hetero) is 1. The molecule has 3 atom stereocenters. The fourth-order valence-corrected chi connectivity index (χ4v) is 5.37. The number of likely N-dealkylation sites (N-methyl/N-ethyl adjacent to an activating group) is 1. The third-order valence-corrected chi connectivity index (χ3v) is 7.06. The van der Waals surface area contributed by atoms with Crippen molar-refractivity contribution in [2.24, 2.45) is 11.1 Å². The molecule has 4 rings (SSSR count). The SMILES string of the molecule is CC(=O)OC(CC(=O)OC1CC1Nc1cc(-n2cc(C)c3c2CC(C)(C)CC3=O)ccc1C(N)=O)CN(C)C. The minimum atomic E-state index is -0.596. The van der Waals surface area contributed by atoms with Crippen molar-refractivity contribution in [3.63, 3.8) is 0 Å². The van der Waals surface area contributed by atoms with Crippen molar-refractivity contribution < 1.29 is 28.7 Å². The Hall–Kier alpha value is -3.66. The molecule has 1 fully saturated rings. The number of nitrogens with two attached hydrogens (primary N) is 1. The van der Waals surface area contributed by atoms with Crippen LogP contribution in [0.15, 0.2) is 24.4 Å². The Labute approximate surface area is 228 Å². The molecular weight excluding hydrogens is 500 g/mol. The van der Waals surface area contributed by atoms with Crippen LogP contribution >= 0.6 is 0 Å². The predicted octanol–water partition coefficient (Wildman–Crippen LogP) is 3.02. The highest BCUT2D eigenvalue weighted by Crippen LogP contribution is 2.39. The third kappa shape index (κ3) is 6.68. The minimum Gasteiger partial charge on any atom is -0.461 e. The summed E-state index contributed by atoms with van der Waals surface area (Å²) in [5, 5.41) is 3.31. The molecule has 0 radical (unpaired) electrons. The predicted molar refractivity (Wildman–Crippen MR) is 146 cm³/mol. The monoisotopic (exact) mass is 538 g/mol. The highest BCUT2D eigenvalue weighted by molar-refractivity contribution is 6.01. The van der Waals surface area contributed by atoms with Crippen molar-refractivity contribution in [1.82, 2.24) is 9.47 Å². The van der Waals surface area contributed by atoms with Gasteiger partial charge in [0.25, 0.3) is 5.91 Å². The number of nitrogens with zero attached hydrogens (tertiary/aromatic N) is 2. The van der Waals surface area contributed by atoms with E-state index in [0.29, 0.717) is 30.6 Å². The summed E-state index contributed by atoms with van der Waals surface area (Å²) in [5.41, 5.74) is 9.84. The van der Waals surface area contributed by atoms with E-state index >= 15 is 0 Å². The largest absolute Gasteiger partial charge is 0.461 e. The second-order valence-corrected chi connectivity index (χ2v) is 11.8. The van der Waals surface area contributed by atoms with Crippen LogP contribution in [0.25, 0.3) is 5.69 Å². The van der Waals surface area contributed by atoms with E-state index in [1.54, 1.807) is 6.07 Å². The second-order valence-electron chi connectivity index (χ2n) is 11.8. The molecule has 10 heteroatoms. The molecule has 3 N–H and O–H groups in total. The van der Waals surface area contributed by atoms with Crippen molar-refractivity contribution in [3.8, 4) is 5.69 Å². The fourth-order valence-electron chi connectivity index (χ4n) is 5.37. The lowest BCUT2D eigenvalue weighted by Gasteiger charge is -2.30. The molecule has 39 heavy (non-hydrogen) atoms. The van der Waals surface area contributed by atoms with E-state index in [4.69, 9.17) is 15.2 Å². The lowest BCUT2D eigenvalue weighted by molar-refractivity contribution is -0.154. The van der Waals surface area contributed by atoms with Gasteiger partial charge < -0.3 is 30.0 Å². The van der Waals surface area contributed by atoms with Crippen LogP contribution in [0.2, 0.25) is 0 Å². The summed E-state index contributed by atoms with van der Waals surface area (Å²) in [6, 6.07) is 5.15. The molecule has 2 aliphatic carbocycles. The van der Waals surface area contributed by atoms with E-state index in [1.165, 1.54) is 6.92 Å². The number of esters is 2. The number of aryl methyl sites for hydroxylation is 1. The van der Waals surface area contributed by atoms with Crippen LogP contribution < -0.4 is 11.1 Å². The van der Waals surface area contributed by atoms with E-state index in [9.17, 15) is 19.2 Å². The lowest BCUT2D eigenvalue weighted by atomic mass is 9.75. The molecule has 0 spiro atoms. The molecule has 3 unspecified atom stereocenters. The van der Waals surface area contributed by atoms with Gasteiger partial charge in [0.05, 0.1) is 18.0 Å². The van der Waals surface area contributed by atoms with E-state index < -0.39 is 23.9 Å². The number of nitrogens with one attached hydrogen (secondary N) is 1. The number of ether oxygens (including phenoxy) is 2. The number of benzene rings is 1. The lowest BCUT2D eigenvalue weighted by Crippen LogP contribution is -2.32. The first-order chi connectivity index (χ1) is 18.2. The number of carbonyl (C=O) groups excluding carboxylic acids is 4. The Morgan fingerprint density at radius 1 is 1.23 bits per heavy atom. The smallest absolute Gasteiger partial charge is 0.309 e. The molecule has 1 aromatic carbocycles. The van der Waals surface area contributed by atoms with Crippen LogP contribution in [0.4, 0.5) is 5.69 Å². The maximum absolute atomic E-state index is 12.9. The first-order valence-electron chi connectivity index (χ1n) is 13.2. The number of fused-ring (bicyclic) bond motifs is 1. The van der Waals surface area contributed by atoms with Crippen LogP contribution in [0.5, 0.6) is 0 Å². The molecule has 1 aromatic heterocycles. The summed E-state index contributed by atoms with van der Waals surface area (Å²) in [6.07, 6.45) is 2.78. The Kier molecular flexibility index (Phi) is 7.88. The highest BCUT2D eigenvalue weighted by atomic mass is 16.6. The van der Waals surface area contributed by atoms with Crippen LogP contribution in [-0.2, 0) is 25.5 Å². The number of primary amides is 1. The quantitative estimate of drug-likeness (QED) is 0.441. The van der Waals surface area contributed by atoms with Gasteiger partial charge in [-0.3, -0.25) is 19.2 Å². The molecule has 1 saturated carbocycles. The summed E-state index contributed by atoms with van der Waals surface area (Å²) in [6.45, 7) is 7.83. The topological polar surface area (TPSA) is 133 Å². The summed E-state index contributed by atoms with van der Waals surface area (Å²) in [5.74, 6) is -1.34. The number of anilines is 1. The molecule has 1 amide bonds. The van der Waals surface area contributed by atoms with E-state index in [-0.39, 0.29) is 29.8 Å². The van der Waals surface area contributed by atoms with E-state index in [2.05, 4.69) is 19.2 Å². The number of hydrogen-bond donors (Lipinski definition) is 2. The standard InChI is InChI=1S/C29H38N4O6/c1-16-14-33(23-12-29(3,4)13-24(35)27(16)23)18-7-8-20(28(30)37)21(9-18)31-22-11-25(22)39-26(36)10-19(15-32(5)6)38-17(2)34/h7-9,14,19,22,25,31H,10-13,15H2,1-6H3,(H2,30,37). The molecule has 0 bridgehead atoms. The van der Waals surface area contributed by atoms with Gasteiger partial charge in [-0.05, 0) is 56.6 Å². The zero-order valence-electron chi connectivity index (χ0n) is 23.5. The Balaban J connectivity index is 1.50. The average molecular weight is 539 g/mol. The van der Waals surface area contributed by atoms with Crippen molar-refractivity contribution in [1.29, 1.82) is 0 Å². The first-order valence-corrected chi connectivity index (χ1v) is 13.2. The summed E-state index contributed by atoms with van der Waals surface area (Å²) < 4.78 is 12.9. The second kappa shape index (κ2) is 10.8. The van der Waals surface area contributed by atoms with Gasteiger partial charge in [-0.15, -0.1) is 0 Å². The molecule has 10 nitrogen and oxygen atoms in total. The van der Waals surface area contributed by atoms with Crippen LogP contribution in [0.3, 0.4) is 0 Å². The number of amides is 1. The zero-order chi connectivity index (χ0) is 28.6. The van der Waals surface area contributed by atoms with Crippen LogP contribution in [-0.4, -0.2) is 72.0 Å². The summed E-state index contributed by atoms with van der Waals surface area (Å²) >= 11 is 0. The molecule has 0 saturated heterocycles. The molecule has 2 aromatic rings. The van der Waals surface area contributed by atoms with E-state index in [1.807, 2.05) is 48.8 Å². The van der Waals surface area contributed by atoms with Gasteiger partial charge in [-0.2, -0.15) is 0 Å². The van der Waals surface area contributed by atoms with Gasteiger partial charge >= 0.3 is 11.9 Å². The molecule has 210 valence electrons. The average Bonchev–Trinajstić information content (AvgIpc) is 3.41. The number of aromatic nitrogens is 1. The summed E-state index contributed by atoms with van der Waals surface area (Å²) in [4.78, 5) is 50.8. The van der Waals surface area contributed by atoms with Gasteiger partial charge in [-0.1, -0.05) is 13.8 Å². The van der Waals surface area contributed by atoms with Gasteiger partial charge in [0.1, 0.15) is 12.2 Å². The van der Waals surface area contributed by atoms with Gasteiger partial charge in [-0.25, -0.2) is 0 Å². The molecule has 0 aliphatic heterocycles. The molecule has 1 heterocycles. The van der Waals surface area contributed by atoms with Gasteiger partial charge in [0, 0.05) is 55.1 Å². The zero-order valence-corrected chi connectivity index (χ0v) is 23.5. The molecular formula is C29H38N4O6. The number of rotatable bonds is 10. The van der Waals surface area contributed by atoms with Gasteiger partial charge in [0.15, 0.2) is 5.78 Å².